The van der Waals surface area contributed by atoms with E-state index >= 15 is 0 Å². The first-order valence-electron chi connectivity index (χ1n) is 11.0. The van der Waals surface area contributed by atoms with Crippen LogP contribution in [0.5, 0.6) is 5.75 Å². The average molecular weight is 388 g/mol. The monoisotopic (exact) mass is 387 g/mol. The van der Waals surface area contributed by atoms with Gasteiger partial charge in [0.25, 0.3) is 0 Å². The normalized spacial score (nSPS) is 10.8. The van der Waals surface area contributed by atoms with Crippen LogP contribution in [0.2, 0.25) is 0 Å². The van der Waals surface area contributed by atoms with E-state index in [0.717, 1.165) is 43.7 Å². The largest absolute Gasteiger partial charge is 0.494 e. The van der Waals surface area contributed by atoms with E-state index in [0.29, 0.717) is 0 Å². The lowest BCUT2D eigenvalue weighted by Crippen LogP contribution is -1.97. The number of aryl methyl sites for hydroxylation is 3. The predicted molar refractivity (Wildman–Crippen MR) is 123 cm³/mol. The van der Waals surface area contributed by atoms with Crippen molar-refractivity contribution in [2.45, 2.75) is 58.8 Å². The lowest BCUT2D eigenvalue weighted by Gasteiger charge is -2.08. The van der Waals surface area contributed by atoms with Crippen molar-refractivity contribution in [3.8, 4) is 17.0 Å². The summed E-state index contributed by atoms with van der Waals surface area (Å²) in [6.45, 7) is 5.24. The zero-order chi connectivity index (χ0) is 20.3. The summed E-state index contributed by atoms with van der Waals surface area (Å²) in [5.74, 6) is 0.973. The predicted octanol–water partition coefficient (Wildman–Crippen LogP) is 7.06. The minimum absolute atomic E-state index is 0.812. The number of hydrogen-bond acceptors (Lipinski definition) is 2. The highest BCUT2D eigenvalue weighted by atomic mass is 16.5. The van der Waals surface area contributed by atoms with Crippen LogP contribution in [0, 0.1) is 0 Å². The third-order valence-electron chi connectivity index (χ3n) is 5.26. The fourth-order valence-corrected chi connectivity index (χ4v) is 3.46. The van der Waals surface area contributed by atoms with E-state index in [2.05, 4.69) is 79.5 Å². The second-order valence-corrected chi connectivity index (χ2v) is 7.70. The van der Waals surface area contributed by atoms with Gasteiger partial charge in [-0.25, -0.2) is 0 Å². The van der Waals surface area contributed by atoms with Crippen LogP contribution >= 0.6 is 0 Å². The number of ether oxygens (including phenoxy) is 1. The van der Waals surface area contributed by atoms with Crippen LogP contribution in [0.1, 0.15) is 56.2 Å². The van der Waals surface area contributed by atoms with Gasteiger partial charge in [-0.3, -0.25) is 4.98 Å². The Bertz CT molecular complexity index is 835. The number of benzene rings is 2. The molecule has 0 radical (unpaired) electrons. The third-order valence-corrected chi connectivity index (χ3v) is 5.26. The highest BCUT2D eigenvalue weighted by molar-refractivity contribution is 5.59. The van der Waals surface area contributed by atoms with Gasteiger partial charge in [-0.15, -0.1) is 0 Å². The maximum Gasteiger partial charge on any atom is 0.119 e. The van der Waals surface area contributed by atoms with Crippen LogP contribution in [-0.2, 0) is 19.3 Å². The summed E-state index contributed by atoms with van der Waals surface area (Å²) >= 11 is 0. The molecule has 0 fully saturated rings. The molecule has 0 atom stereocenters. The summed E-state index contributed by atoms with van der Waals surface area (Å²) in [6.07, 6.45) is 9.94. The number of nitrogens with zero attached hydrogens (tertiary/aromatic N) is 1. The summed E-state index contributed by atoms with van der Waals surface area (Å²) < 4.78 is 5.79. The van der Waals surface area contributed by atoms with Gasteiger partial charge in [-0.05, 0) is 60.6 Å². The molecule has 1 aromatic heterocycles. The SMILES string of the molecule is CCCCCOc1ccc(CCc2ccc(-c3ccc(CCC)cc3)nc2)cc1. The van der Waals surface area contributed by atoms with Crippen LogP contribution in [0.15, 0.2) is 66.9 Å². The number of rotatable bonds is 11. The summed E-state index contributed by atoms with van der Waals surface area (Å²) in [6, 6.07) is 21.7. The molecule has 0 amide bonds. The Hall–Kier alpha value is -2.61. The van der Waals surface area contributed by atoms with Gasteiger partial charge in [-0.2, -0.15) is 0 Å². The molecule has 3 aromatic rings. The molecule has 2 aromatic carbocycles. The third kappa shape index (κ3) is 6.74. The van der Waals surface area contributed by atoms with Crippen LogP contribution in [0.3, 0.4) is 0 Å². The minimum atomic E-state index is 0.812. The highest BCUT2D eigenvalue weighted by Crippen LogP contribution is 2.19. The molecular formula is C27H33NO. The molecule has 0 aliphatic rings. The molecule has 2 nitrogen and oxygen atoms in total. The van der Waals surface area contributed by atoms with Crippen molar-refractivity contribution in [2.75, 3.05) is 6.61 Å². The van der Waals surface area contributed by atoms with Gasteiger partial charge in [0.05, 0.1) is 12.3 Å². The molecule has 0 spiro atoms. The van der Waals surface area contributed by atoms with Crippen LogP contribution in [-0.4, -0.2) is 11.6 Å². The Morgan fingerprint density at radius 1 is 0.655 bits per heavy atom. The van der Waals surface area contributed by atoms with Gasteiger partial charge < -0.3 is 4.74 Å². The fraction of sp³-hybridized carbons (Fsp3) is 0.370. The topological polar surface area (TPSA) is 22.1 Å². The van der Waals surface area contributed by atoms with Crippen molar-refractivity contribution >= 4 is 0 Å². The lowest BCUT2D eigenvalue weighted by atomic mass is 10.0. The van der Waals surface area contributed by atoms with E-state index < -0.39 is 0 Å². The minimum Gasteiger partial charge on any atom is -0.494 e. The zero-order valence-electron chi connectivity index (χ0n) is 17.9. The molecule has 0 N–H and O–H groups in total. The van der Waals surface area contributed by atoms with Gasteiger partial charge in [-0.1, -0.05) is 75.6 Å². The van der Waals surface area contributed by atoms with Gasteiger partial charge >= 0.3 is 0 Å². The molecule has 29 heavy (non-hydrogen) atoms. The van der Waals surface area contributed by atoms with Gasteiger partial charge in [0, 0.05) is 11.8 Å². The van der Waals surface area contributed by atoms with E-state index in [9.17, 15) is 0 Å². The zero-order valence-corrected chi connectivity index (χ0v) is 17.9. The molecule has 2 heteroatoms. The first-order valence-corrected chi connectivity index (χ1v) is 11.0. The highest BCUT2D eigenvalue weighted by Gasteiger charge is 2.02. The molecule has 3 rings (SSSR count). The summed E-state index contributed by atoms with van der Waals surface area (Å²) in [4.78, 5) is 4.68. The van der Waals surface area contributed by atoms with E-state index in [4.69, 9.17) is 4.74 Å². The summed E-state index contributed by atoms with van der Waals surface area (Å²) in [7, 11) is 0. The Morgan fingerprint density at radius 3 is 1.97 bits per heavy atom. The van der Waals surface area contributed by atoms with Crippen molar-refractivity contribution < 1.29 is 4.74 Å². The second kappa shape index (κ2) is 11.4. The number of hydrogen-bond donors (Lipinski definition) is 0. The Labute approximate surface area is 176 Å². The molecule has 0 saturated heterocycles. The maximum absolute atomic E-state index is 5.79. The molecule has 1 heterocycles. The van der Waals surface area contributed by atoms with Gasteiger partial charge in [0.2, 0.25) is 0 Å². The molecule has 152 valence electrons. The van der Waals surface area contributed by atoms with E-state index in [1.54, 1.807) is 0 Å². The summed E-state index contributed by atoms with van der Waals surface area (Å²) in [5, 5.41) is 0. The maximum atomic E-state index is 5.79. The first kappa shape index (κ1) is 21.1. The number of pyridine rings is 1. The molecule has 0 unspecified atom stereocenters. The number of aromatic nitrogens is 1. The smallest absolute Gasteiger partial charge is 0.119 e. The Morgan fingerprint density at radius 2 is 1.31 bits per heavy atom. The lowest BCUT2D eigenvalue weighted by molar-refractivity contribution is 0.306. The fourth-order valence-electron chi connectivity index (χ4n) is 3.46. The molecule has 0 aliphatic heterocycles. The van der Waals surface area contributed by atoms with Crippen LogP contribution in [0.4, 0.5) is 0 Å². The van der Waals surface area contributed by atoms with E-state index in [-0.39, 0.29) is 0 Å². The van der Waals surface area contributed by atoms with Crippen molar-refractivity contribution in [1.29, 1.82) is 0 Å². The molecular weight excluding hydrogens is 354 g/mol. The van der Waals surface area contributed by atoms with Crippen molar-refractivity contribution in [3.63, 3.8) is 0 Å². The average Bonchev–Trinajstić information content (AvgIpc) is 2.77. The Kier molecular flexibility index (Phi) is 8.30. The molecule has 0 saturated carbocycles. The first-order chi connectivity index (χ1) is 14.3. The van der Waals surface area contributed by atoms with Crippen molar-refractivity contribution in [1.82, 2.24) is 4.98 Å². The molecule has 0 aliphatic carbocycles. The van der Waals surface area contributed by atoms with E-state index in [1.807, 2.05) is 6.20 Å². The summed E-state index contributed by atoms with van der Waals surface area (Å²) in [5.41, 5.74) is 6.23. The molecule has 0 bridgehead atoms. The van der Waals surface area contributed by atoms with Gasteiger partial charge in [0.1, 0.15) is 5.75 Å². The van der Waals surface area contributed by atoms with Gasteiger partial charge in [0.15, 0.2) is 0 Å². The van der Waals surface area contributed by atoms with Crippen LogP contribution < -0.4 is 4.74 Å². The Balaban J connectivity index is 1.49. The van der Waals surface area contributed by atoms with E-state index in [1.165, 1.54) is 41.5 Å². The van der Waals surface area contributed by atoms with Crippen molar-refractivity contribution in [3.05, 3.63) is 83.6 Å². The van der Waals surface area contributed by atoms with Crippen molar-refractivity contribution in [2.24, 2.45) is 0 Å². The quantitative estimate of drug-likeness (QED) is 0.329. The standard InChI is InChI=1S/C27H33NO/c1-3-5-6-20-29-26-17-12-23(13-18-26)8-9-24-14-19-27(28-21-24)25-15-10-22(7-4-2)11-16-25/h10-19,21H,3-9,20H2,1-2H3. The second-order valence-electron chi connectivity index (χ2n) is 7.70. The number of unbranched alkanes of at least 4 members (excludes halogenated alkanes) is 2. The van der Waals surface area contributed by atoms with Crippen LogP contribution in [0.25, 0.3) is 11.3 Å².